The van der Waals surface area contributed by atoms with E-state index in [9.17, 15) is 9.59 Å². The second-order valence-corrected chi connectivity index (χ2v) is 9.89. The molecule has 2 aromatic heterocycles. The molecule has 0 bridgehead atoms. The number of benzene rings is 1. The zero-order valence-electron chi connectivity index (χ0n) is 19.6. The molecule has 3 heterocycles. The van der Waals surface area contributed by atoms with E-state index in [1.54, 1.807) is 36.7 Å². The molecule has 0 unspecified atom stereocenters. The van der Waals surface area contributed by atoms with E-state index in [0.29, 0.717) is 23.8 Å². The lowest BCUT2D eigenvalue weighted by molar-refractivity contribution is -0.131. The summed E-state index contributed by atoms with van der Waals surface area (Å²) < 4.78 is 12.5. The van der Waals surface area contributed by atoms with E-state index in [-0.39, 0.29) is 30.0 Å². The normalized spacial score (nSPS) is 22.0. The van der Waals surface area contributed by atoms with Gasteiger partial charge in [0.05, 0.1) is 10.2 Å². The Kier molecular flexibility index (Phi) is 7.10. The first-order valence-electron chi connectivity index (χ1n) is 12.0. The molecule has 1 aromatic carbocycles. The number of carbonyl (C=O) groups is 2. The van der Waals surface area contributed by atoms with Crippen LogP contribution in [0.3, 0.4) is 0 Å². The number of thiazole rings is 1. The zero-order chi connectivity index (χ0) is 24.2. The molecule has 9 nitrogen and oxygen atoms in total. The summed E-state index contributed by atoms with van der Waals surface area (Å²) in [5.41, 5.74) is 1.17. The minimum absolute atomic E-state index is 0.00276. The molecule has 2 fully saturated rings. The standard InChI is InChI=1S/C25H29N5O4S/c1-26-23(31)20-13-16(10-11-27-20)34-15-8-9-19-22(14-15)35-25(30-19)29-18-6-3-2-5-17(18)28-24(32)21-7-4-12-33-21/h8-11,13-14,17-18,21H,2-7,12H2,1H3,(H,26,31)(H,28,32)(H,29,30)/t17-,18+,21-/m1/s1. The number of fused-ring (bicyclic) bond motifs is 1. The molecular formula is C25H29N5O4S. The quantitative estimate of drug-likeness (QED) is 0.456. The summed E-state index contributed by atoms with van der Waals surface area (Å²) in [4.78, 5) is 33.2. The van der Waals surface area contributed by atoms with Crippen LogP contribution in [0.5, 0.6) is 11.5 Å². The smallest absolute Gasteiger partial charge is 0.269 e. The Morgan fingerprint density at radius 1 is 1.06 bits per heavy atom. The van der Waals surface area contributed by atoms with Gasteiger partial charge >= 0.3 is 0 Å². The molecule has 2 amide bonds. The van der Waals surface area contributed by atoms with Gasteiger partial charge in [0.15, 0.2) is 5.13 Å². The van der Waals surface area contributed by atoms with Crippen molar-refractivity contribution in [1.82, 2.24) is 20.6 Å². The van der Waals surface area contributed by atoms with Crippen LogP contribution in [0, 0.1) is 0 Å². The van der Waals surface area contributed by atoms with Crippen LogP contribution in [0.2, 0.25) is 0 Å². The van der Waals surface area contributed by atoms with Crippen molar-refractivity contribution >= 4 is 38.5 Å². The van der Waals surface area contributed by atoms with Gasteiger partial charge in [-0.05, 0) is 43.9 Å². The van der Waals surface area contributed by atoms with Crippen LogP contribution in [-0.2, 0) is 9.53 Å². The first-order chi connectivity index (χ1) is 17.1. The predicted molar refractivity (Wildman–Crippen MR) is 134 cm³/mol. The molecule has 1 saturated carbocycles. The second-order valence-electron chi connectivity index (χ2n) is 8.86. The third kappa shape index (κ3) is 5.54. The van der Waals surface area contributed by atoms with Gasteiger partial charge < -0.3 is 25.4 Å². The Hall–Kier alpha value is -3.24. The molecule has 1 saturated heterocycles. The fraction of sp³-hybridized carbons (Fsp3) is 0.440. The van der Waals surface area contributed by atoms with E-state index in [4.69, 9.17) is 14.5 Å². The maximum Gasteiger partial charge on any atom is 0.269 e. The predicted octanol–water partition coefficient (Wildman–Crippen LogP) is 3.86. The van der Waals surface area contributed by atoms with E-state index in [1.165, 1.54) is 0 Å². The Balaban J connectivity index is 1.27. The van der Waals surface area contributed by atoms with Crippen LogP contribution >= 0.6 is 11.3 Å². The van der Waals surface area contributed by atoms with Gasteiger partial charge in [-0.3, -0.25) is 14.6 Å². The highest BCUT2D eigenvalue weighted by Crippen LogP contribution is 2.33. The van der Waals surface area contributed by atoms with Crippen molar-refractivity contribution in [1.29, 1.82) is 0 Å². The first-order valence-corrected chi connectivity index (χ1v) is 12.9. The summed E-state index contributed by atoms with van der Waals surface area (Å²) in [6, 6.07) is 9.23. The molecule has 5 rings (SSSR count). The van der Waals surface area contributed by atoms with Gasteiger partial charge in [-0.25, -0.2) is 4.98 Å². The molecule has 1 aliphatic heterocycles. The van der Waals surface area contributed by atoms with E-state index in [2.05, 4.69) is 20.9 Å². The second kappa shape index (κ2) is 10.6. The molecule has 0 radical (unpaired) electrons. The lowest BCUT2D eigenvalue weighted by Gasteiger charge is -2.33. The summed E-state index contributed by atoms with van der Waals surface area (Å²) >= 11 is 1.56. The maximum atomic E-state index is 12.6. The third-order valence-corrected chi connectivity index (χ3v) is 7.36. The molecule has 35 heavy (non-hydrogen) atoms. The van der Waals surface area contributed by atoms with Crippen molar-refractivity contribution in [3.63, 3.8) is 0 Å². The molecule has 0 spiro atoms. The lowest BCUT2D eigenvalue weighted by atomic mass is 9.90. The molecule has 1 aliphatic carbocycles. The van der Waals surface area contributed by atoms with Crippen molar-refractivity contribution in [2.45, 2.75) is 56.7 Å². The Morgan fingerprint density at radius 2 is 1.89 bits per heavy atom. The van der Waals surface area contributed by atoms with E-state index >= 15 is 0 Å². The van der Waals surface area contributed by atoms with Gasteiger partial charge in [0.2, 0.25) is 5.91 Å². The highest BCUT2D eigenvalue weighted by molar-refractivity contribution is 7.22. The first kappa shape index (κ1) is 23.5. The number of rotatable bonds is 7. The van der Waals surface area contributed by atoms with E-state index in [0.717, 1.165) is 53.9 Å². The summed E-state index contributed by atoms with van der Waals surface area (Å²) in [6.07, 6.45) is 7.13. The number of anilines is 1. The minimum Gasteiger partial charge on any atom is -0.457 e. The molecule has 3 N–H and O–H groups in total. The number of pyridine rings is 1. The Bertz CT molecular complexity index is 1210. The van der Waals surface area contributed by atoms with Crippen LogP contribution in [0.4, 0.5) is 5.13 Å². The zero-order valence-corrected chi connectivity index (χ0v) is 20.4. The number of amides is 2. The van der Waals surface area contributed by atoms with E-state index < -0.39 is 0 Å². The topological polar surface area (TPSA) is 114 Å². The lowest BCUT2D eigenvalue weighted by Crippen LogP contribution is -2.51. The number of nitrogens with one attached hydrogen (secondary N) is 3. The molecule has 10 heteroatoms. The van der Waals surface area contributed by atoms with E-state index in [1.807, 2.05) is 18.2 Å². The monoisotopic (exact) mass is 495 g/mol. The summed E-state index contributed by atoms with van der Waals surface area (Å²) in [5.74, 6) is 0.925. The Morgan fingerprint density at radius 3 is 2.69 bits per heavy atom. The van der Waals surface area contributed by atoms with Gasteiger partial charge in [-0.2, -0.15) is 0 Å². The number of ether oxygens (including phenoxy) is 2. The average Bonchev–Trinajstić information content (AvgIpc) is 3.55. The van der Waals surface area contributed by atoms with Gasteiger partial charge in [0.1, 0.15) is 23.3 Å². The Labute approximate surface area is 207 Å². The van der Waals surface area contributed by atoms with Gasteiger partial charge in [-0.1, -0.05) is 24.2 Å². The maximum absolute atomic E-state index is 12.6. The van der Waals surface area contributed by atoms with Crippen LogP contribution in [-0.4, -0.2) is 53.6 Å². The van der Waals surface area contributed by atoms with Crippen molar-refractivity contribution in [3.8, 4) is 11.5 Å². The number of hydrogen-bond donors (Lipinski definition) is 3. The SMILES string of the molecule is CNC(=O)c1cc(Oc2ccc3nc(N[C@H]4CCCC[C@H]4NC(=O)[C@H]4CCCO4)sc3c2)ccn1. The largest absolute Gasteiger partial charge is 0.457 e. The molecule has 3 atom stereocenters. The van der Waals surface area contributed by atoms with Crippen LogP contribution in [0.25, 0.3) is 10.2 Å². The molecular weight excluding hydrogens is 466 g/mol. The van der Waals surface area contributed by atoms with Crippen LogP contribution in [0.1, 0.15) is 49.0 Å². The molecule has 2 aliphatic rings. The van der Waals surface area contributed by atoms with Gasteiger partial charge in [0, 0.05) is 44.1 Å². The van der Waals surface area contributed by atoms with Crippen molar-refractivity contribution in [2.75, 3.05) is 19.0 Å². The average molecular weight is 496 g/mol. The molecule has 184 valence electrons. The van der Waals surface area contributed by atoms with Crippen molar-refractivity contribution in [2.24, 2.45) is 0 Å². The minimum atomic E-state index is -0.314. The highest BCUT2D eigenvalue weighted by Gasteiger charge is 2.31. The van der Waals surface area contributed by atoms with Crippen LogP contribution in [0.15, 0.2) is 36.5 Å². The van der Waals surface area contributed by atoms with Crippen LogP contribution < -0.4 is 20.7 Å². The summed E-state index contributed by atoms with van der Waals surface area (Å²) in [6.45, 7) is 0.665. The summed E-state index contributed by atoms with van der Waals surface area (Å²) in [5, 5.41) is 10.2. The number of carbonyl (C=O) groups excluding carboxylic acids is 2. The fourth-order valence-electron chi connectivity index (χ4n) is 4.59. The van der Waals surface area contributed by atoms with Crippen molar-refractivity contribution in [3.05, 3.63) is 42.2 Å². The molecule has 3 aromatic rings. The van der Waals surface area contributed by atoms with Gasteiger partial charge in [0.25, 0.3) is 5.91 Å². The van der Waals surface area contributed by atoms with Crippen molar-refractivity contribution < 1.29 is 19.1 Å². The summed E-state index contributed by atoms with van der Waals surface area (Å²) in [7, 11) is 1.56. The fourth-order valence-corrected chi connectivity index (χ4v) is 5.54. The number of hydrogen-bond acceptors (Lipinski definition) is 8. The highest BCUT2D eigenvalue weighted by atomic mass is 32.1. The number of nitrogens with zero attached hydrogens (tertiary/aromatic N) is 2. The number of aromatic nitrogens is 2. The van der Waals surface area contributed by atoms with Gasteiger partial charge in [-0.15, -0.1) is 0 Å². The third-order valence-electron chi connectivity index (χ3n) is 6.41.